The normalized spacial score (nSPS) is 27.2. The lowest BCUT2D eigenvalue weighted by atomic mass is 9.95. The maximum Gasteiger partial charge on any atom is 0.185 e. The van der Waals surface area contributed by atoms with Crippen molar-refractivity contribution in [1.82, 2.24) is 4.98 Å². The smallest absolute Gasteiger partial charge is 0.185 e. The third-order valence-electron chi connectivity index (χ3n) is 3.40. The molecule has 4 nitrogen and oxygen atoms in total. The molecule has 0 spiro atoms. The molecule has 1 aromatic heterocycles. The van der Waals surface area contributed by atoms with Crippen LogP contribution in [0.4, 0.5) is 5.13 Å². The van der Waals surface area contributed by atoms with Crippen LogP contribution in [-0.2, 0) is 4.74 Å². The zero-order valence-corrected chi connectivity index (χ0v) is 11.6. The van der Waals surface area contributed by atoms with Crippen LogP contribution in [0.15, 0.2) is 5.38 Å². The number of nitrogens with two attached hydrogens (primary N) is 1. The van der Waals surface area contributed by atoms with Crippen LogP contribution >= 0.6 is 11.3 Å². The van der Waals surface area contributed by atoms with Gasteiger partial charge in [0.25, 0.3) is 0 Å². The van der Waals surface area contributed by atoms with Crippen molar-refractivity contribution < 1.29 is 4.74 Å². The van der Waals surface area contributed by atoms with Crippen LogP contribution in [0.25, 0.3) is 0 Å². The molecule has 5 heteroatoms. The summed E-state index contributed by atoms with van der Waals surface area (Å²) in [7, 11) is 1.79. The predicted molar refractivity (Wildman–Crippen MR) is 71.6 cm³/mol. The Labute approximate surface area is 107 Å². The number of nitrogens with zero attached hydrogens (tertiary/aromatic N) is 2. The third kappa shape index (κ3) is 2.78. The van der Waals surface area contributed by atoms with Crippen LogP contribution in [0.5, 0.6) is 0 Å². The molecule has 2 N–H and O–H groups in total. The van der Waals surface area contributed by atoms with Gasteiger partial charge in [-0.3, -0.25) is 0 Å². The highest BCUT2D eigenvalue weighted by Crippen LogP contribution is 2.30. The average molecular weight is 255 g/mol. The van der Waals surface area contributed by atoms with E-state index >= 15 is 0 Å². The summed E-state index contributed by atoms with van der Waals surface area (Å²) in [5, 5.41) is 3.12. The van der Waals surface area contributed by atoms with Gasteiger partial charge >= 0.3 is 0 Å². The molecule has 0 aromatic carbocycles. The lowest BCUT2D eigenvalue weighted by molar-refractivity contribution is -0.00466. The van der Waals surface area contributed by atoms with E-state index in [4.69, 9.17) is 10.5 Å². The molecule has 17 heavy (non-hydrogen) atoms. The van der Waals surface area contributed by atoms with Gasteiger partial charge in [-0.1, -0.05) is 0 Å². The molecule has 1 saturated heterocycles. The molecular weight excluding hydrogens is 234 g/mol. The molecule has 1 fully saturated rings. The summed E-state index contributed by atoms with van der Waals surface area (Å²) in [6.45, 7) is 6.10. The Kier molecular flexibility index (Phi) is 3.70. The van der Waals surface area contributed by atoms with E-state index in [0.717, 1.165) is 36.8 Å². The molecule has 2 rings (SSSR count). The molecule has 1 aliphatic heterocycles. The SMILES string of the molecule is COC1(C)CCCN(c2nc(C(C)N)cs2)C1. The van der Waals surface area contributed by atoms with E-state index in [9.17, 15) is 0 Å². The molecule has 0 aliphatic carbocycles. The number of aromatic nitrogens is 1. The van der Waals surface area contributed by atoms with Crippen LogP contribution in [0, 0.1) is 0 Å². The topological polar surface area (TPSA) is 51.4 Å². The standard InChI is InChI=1S/C12H21N3OS/c1-9(13)10-7-17-11(14-10)15-6-4-5-12(2,8-15)16-3/h7,9H,4-6,8,13H2,1-3H3. The van der Waals surface area contributed by atoms with E-state index in [2.05, 4.69) is 22.2 Å². The molecule has 2 unspecified atom stereocenters. The fourth-order valence-corrected chi connectivity index (χ4v) is 3.12. The van der Waals surface area contributed by atoms with E-state index in [1.54, 1.807) is 18.4 Å². The number of piperidine rings is 1. The molecule has 96 valence electrons. The number of hydrogen-bond acceptors (Lipinski definition) is 5. The van der Waals surface area contributed by atoms with Crippen molar-refractivity contribution in [3.8, 4) is 0 Å². The molecule has 0 radical (unpaired) electrons. The number of anilines is 1. The van der Waals surface area contributed by atoms with Crippen molar-refractivity contribution in [1.29, 1.82) is 0 Å². The summed E-state index contributed by atoms with van der Waals surface area (Å²) < 4.78 is 5.60. The van der Waals surface area contributed by atoms with E-state index in [-0.39, 0.29) is 11.6 Å². The zero-order chi connectivity index (χ0) is 12.5. The van der Waals surface area contributed by atoms with Crippen molar-refractivity contribution in [3.63, 3.8) is 0 Å². The molecule has 0 bridgehead atoms. The van der Waals surface area contributed by atoms with Crippen LogP contribution in [0.2, 0.25) is 0 Å². The molecule has 2 atom stereocenters. The van der Waals surface area contributed by atoms with Crippen molar-refractivity contribution in [2.75, 3.05) is 25.1 Å². The quantitative estimate of drug-likeness (QED) is 0.899. The summed E-state index contributed by atoms with van der Waals surface area (Å²) in [5.41, 5.74) is 6.77. The van der Waals surface area contributed by atoms with Crippen LogP contribution < -0.4 is 10.6 Å². The fourth-order valence-electron chi connectivity index (χ4n) is 2.17. The summed E-state index contributed by atoms with van der Waals surface area (Å²) in [6, 6.07) is 0.0126. The Balaban J connectivity index is 2.11. The summed E-state index contributed by atoms with van der Waals surface area (Å²) in [6.07, 6.45) is 2.27. The first-order chi connectivity index (χ1) is 8.04. The van der Waals surface area contributed by atoms with Crippen molar-refractivity contribution in [2.24, 2.45) is 5.73 Å². The molecule has 2 heterocycles. The minimum atomic E-state index is -0.0432. The number of thiazole rings is 1. The van der Waals surface area contributed by atoms with Gasteiger partial charge in [0.05, 0.1) is 11.3 Å². The van der Waals surface area contributed by atoms with Crippen LogP contribution in [0.1, 0.15) is 38.4 Å². The monoisotopic (exact) mass is 255 g/mol. The highest BCUT2D eigenvalue weighted by molar-refractivity contribution is 7.13. The minimum absolute atomic E-state index is 0.0126. The van der Waals surface area contributed by atoms with Crippen molar-refractivity contribution >= 4 is 16.5 Å². The lowest BCUT2D eigenvalue weighted by Crippen LogP contribution is -2.47. The fraction of sp³-hybridized carbons (Fsp3) is 0.750. The Morgan fingerprint density at radius 2 is 2.41 bits per heavy atom. The van der Waals surface area contributed by atoms with E-state index in [0.29, 0.717) is 0 Å². The Morgan fingerprint density at radius 3 is 3.00 bits per heavy atom. The molecule has 0 amide bonds. The molecule has 0 saturated carbocycles. The second-order valence-electron chi connectivity index (χ2n) is 5.02. The highest BCUT2D eigenvalue weighted by atomic mass is 32.1. The van der Waals surface area contributed by atoms with Crippen LogP contribution in [0.3, 0.4) is 0 Å². The van der Waals surface area contributed by atoms with Gasteiger partial charge in [-0.15, -0.1) is 11.3 Å². The number of rotatable bonds is 3. The maximum atomic E-state index is 5.84. The van der Waals surface area contributed by atoms with Gasteiger partial charge in [0.2, 0.25) is 0 Å². The van der Waals surface area contributed by atoms with Gasteiger partial charge in [0, 0.05) is 31.6 Å². The first-order valence-corrected chi connectivity index (χ1v) is 6.93. The number of hydrogen-bond donors (Lipinski definition) is 1. The Hall–Kier alpha value is -0.650. The first kappa shape index (κ1) is 12.8. The highest BCUT2D eigenvalue weighted by Gasteiger charge is 2.31. The molecule has 1 aliphatic rings. The maximum absolute atomic E-state index is 5.84. The third-order valence-corrected chi connectivity index (χ3v) is 4.32. The largest absolute Gasteiger partial charge is 0.377 e. The Morgan fingerprint density at radius 1 is 1.65 bits per heavy atom. The van der Waals surface area contributed by atoms with Gasteiger partial charge in [-0.25, -0.2) is 4.98 Å². The first-order valence-electron chi connectivity index (χ1n) is 6.05. The van der Waals surface area contributed by atoms with Gasteiger partial charge in [-0.05, 0) is 26.7 Å². The van der Waals surface area contributed by atoms with E-state index < -0.39 is 0 Å². The number of methoxy groups -OCH3 is 1. The van der Waals surface area contributed by atoms with Crippen molar-refractivity contribution in [2.45, 2.75) is 38.3 Å². The lowest BCUT2D eigenvalue weighted by Gasteiger charge is -2.39. The Bertz CT molecular complexity index is 380. The van der Waals surface area contributed by atoms with E-state index in [1.807, 2.05) is 6.92 Å². The van der Waals surface area contributed by atoms with Gasteiger partial charge < -0.3 is 15.4 Å². The van der Waals surface area contributed by atoms with Gasteiger partial charge in [0.1, 0.15) is 0 Å². The van der Waals surface area contributed by atoms with Gasteiger partial charge in [-0.2, -0.15) is 0 Å². The average Bonchev–Trinajstić information content (AvgIpc) is 2.78. The van der Waals surface area contributed by atoms with Gasteiger partial charge in [0.15, 0.2) is 5.13 Å². The summed E-state index contributed by atoms with van der Waals surface area (Å²) in [4.78, 5) is 6.91. The van der Waals surface area contributed by atoms with E-state index in [1.165, 1.54) is 0 Å². The number of ether oxygens (including phenoxy) is 1. The second-order valence-corrected chi connectivity index (χ2v) is 5.86. The predicted octanol–water partition coefficient (Wildman–Crippen LogP) is 2.17. The summed E-state index contributed by atoms with van der Waals surface area (Å²) >= 11 is 1.67. The molecule has 1 aromatic rings. The zero-order valence-electron chi connectivity index (χ0n) is 10.8. The minimum Gasteiger partial charge on any atom is -0.377 e. The van der Waals surface area contributed by atoms with Crippen LogP contribution in [-0.4, -0.2) is 30.8 Å². The van der Waals surface area contributed by atoms with Crippen molar-refractivity contribution in [3.05, 3.63) is 11.1 Å². The molecular formula is C12H21N3OS. The second kappa shape index (κ2) is 4.92. The summed E-state index contributed by atoms with van der Waals surface area (Å²) in [5.74, 6) is 0.